The minimum absolute atomic E-state index is 0.426. The van der Waals surface area contributed by atoms with Gasteiger partial charge in [-0.25, -0.2) is 8.78 Å². The lowest BCUT2D eigenvalue weighted by Crippen LogP contribution is -2.46. The van der Waals surface area contributed by atoms with Gasteiger partial charge in [-0.05, 0) is 56.3 Å². The predicted octanol–water partition coefficient (Wildman–Crippen LogP) is 3.85. The van der Waals surface area contributed by atoms with Crippen molar-refractivity contribution >= 4 is 23.0 Å². The van der Waals surface area contributed by atoms with Crippen LogP contribution in [0.3, 0.4) is 0 Å². The van der Waals surface area contributed by atoms with Crippen LogP contribution in [-0.4, -0.2) is 49.6 Å². The van der Waals surface area contributed by atoms with E-state index in [1.807, 2.05) is 19.1 Å². The summed E-state index contributed by atoms with van der Waals surface area (Å²) in [6, 6.07) is 8.91. The molecule has 0 spiro atoms. The normalized spacial score (nSPS) is 15.8. The highest BCUT2D eigenvalue weighted by atomic mass is 19.1. The zero-order valence-electron chi connectivity index (χ0n) is 17.1. The number of anilines is 3. The number of piperazine rings is 1. The van der Waals surface area contributed by atoms with Gasteiger partial charge in [-0.15, -0.1) is 0 Å². The first-order valence-corrected chi connectivity index (χ1v) is 9.98. The molecule has 1 atom stereocenters. The van der Waals surface area contributed by atoms with Crippen molar-refractivity contribution in [1.82, 2.24) is 4.90 Å². The number of nitrogens with zero attached hydrogens (tertiary/aromatic N) is 2. The lowest BCUT2D eigenvalue weighted by molar-refractivity contribution is -0.116. The number of carbonyl (C=O) groups is 1. The van der Waals surface area contributed by atoms with Gasteiger partial charge in [-0.3, -0.25) is 4.79 Å². The van der Waals surface area contributed by atoms with Gasteiger partial charge in [-0.1, -0.05) is 13.0 Å². The van der Waals surface area contributed by atoms with Gasteiger partial charge in [0.2, 0.25) is 5.91 Å². The molecule has 0 saturated carbocycles. The Morgan fingerprint density at radius 3 is 2.34 bits per heavy atom. The summed E-state index contributed by atoms with van der Waals surface area (Å²) in [5.41, 5.74) is 2.56. The van der Waals surface area contributed by atoms with E-state index >= 15 is 0 Å². The summed E-state index contributed by atoms with van der Waals surface area (Å²) in [5, 5.41) is 5.46. The molecule has 0 bridgehead atoms. The van der Waals surface area contributed by atoms with Gasteiger partial charge in [0, 0.05) is 37.6 Å². The largest absolute Gasteiger partial charge is 0.374 e. The molecule has 0 radical (unpaired) electrons. The van der Waals surface area contributed by atoms with Crippen LogP contribution in [0.25, 0.3) is 0 Å². The molecule has 29 heavy (non-hydrogen) atoms. The maximum Gasteiger partial charge on any atom is 0.246 e. The van der Waals surface area contributed by atoms with Crippen LogP contribution in [0.4, 0.5) is 25.8 Å². The van der Waals surface area contributed by atoms with Crippen molar-refractivity contribution in [2.45, 2.75) is 26.8 Å². The van der Waals surface area contributed by atoms with Crippen LogP contribution >= 0.6 is 0 Å². The zero-order chi connectivity index (χ0) is 21.0. The standard InChI is InChI=1S/C22H28F2N4O/c1-4-27-10-12-28(13-11-27)17-8-9-20(15(2)14-17)25-16(3)22(29)26-21-18(23)6-5-7-19(21)24/h5-9,14,16,25H,4,10-13H2,1-3H3,(H,26,29)/t16-/m0/s1. The Bertz CT molecular complexity index is 846. The third kappa shape index (κ3) is 5.03. The van der Waals surface area contributed by atoms with Crippen LogP contribution in [0.15, 0.2) is 36.4 Å². The molecule has 7 heteroatoms. The average Bonchev–Trinajstić information content (AvgIpc) is 2.72. The highest BCUT2D eigenvalue weighted by Crippen LogP contribution is 2.25. The van der Waals surface area contributed by atoms with Crippen LogP contribution in [-0.2, 0) is 4.79 Å². The Labute approximate surface area is 170 Å². The van der Waals surface area contributed by atoms with Crippen molar-refractivity contribution < 1.29 is 13.6 Å². The number of aryl methyl sites for hydroxylation is 1. The summed E-state index contributed by atoms with van der Waals surface area (Å²) in [7, 11) is 0. The molecule has 2 N–H and O–H groups in total. The number of likely N-dealkylation sites (N-methyl/N-ethyl adjacent to an activating group) is 1. The molecule has 1 amide bonds. The minimum atomic E-state index is -0.797. The van der Waals surface area contributed by atoms with Crippen LogP contribution in [0.1, 0.15) is 19.4 Å². The molecule has 1 aliphatic rings. The number of benzene rings is 2. The van der Waals surface area contributed by atoms with Gasteiger partial charge in [0.05, 0.1) is 0 Å². The number of rotatable bonds is 6. The summed E-state index contributed by atoms with van der Waals surface area (Å²) in [4.78, 5) is 17.2. The van der Waals surface area contributed by atoms with Crippen molar-refractivity contribution in [1.29, 1.82) is 0 Å². The molecule has 1 aliphatic heterocycles. The van der Waals surface area contributed by atoms with Crippen molar-refractivity contribution in [2.75, 3.05) is 48.3 Å². The monoisotopic (exact) mass is 402 g/mol. The van der Waals surface area contributed by atoms with Gasteiger partial charge in [0.1, 0.15) is 23.4 Å². The number of para-hydroxylation sites is 1. The molecular formula is C22H28F2N4O. The molecule has 1 fully saturated rings. The lowest BCUT2D eigenvalue weighted by Gasteiger charge is -2.35. The second-order valence-electron chi connectivity index (χ2n) is 7.37. The molecule has 0 aliphatic carbocycles. The topological polar surface area (TPSA) is 47.6 Å². The third-order valence-electron chi connectivity index (χ3n) is 5.37. The van der Waals surface area contributed by atoms with Crippen LogP contribution in [0, 0.1) is 18.6 Å². The number of hydrogen-bond donors (Lipinski definition) is 2. The highest BCUT2D eigenvalue weighted by molar-refractivity contribution is 5.96. The van der Waals surface area contributed by atoms with Crippen LogP contribution in [0.5, 0.6) is 0 Å². The molecule has 0 aromatic heterocycles. The first-order valence-electron chi connectivity index (χ1n) is 9.98. The van der Waals surface area contributed by atoms with Gasteiger partial charge >= 0.3 is 0 Å². The number of nitrogens with one attached hydrogen (secondary N) is 2. The highest BCUT2D eigenvalue weighted by Gasteiger charge is 2.19. The number of carbonyl (C=O) groups excluding carboxylic acids is 1. The van der Waals surface area contributed by atoms with E-state index in [9.17, 15) is 13.6 Å². The fourth-order valence-electron chi connectivity index (χ4n) is 3.48. The zero-order valence-corrected chi connectivity index (χ0v) is 17.1. The molecule has 3 rings (SSSR count). The molecule has 5 nitrogen and oxygen atoms in total. The second-order valence-corrected chi connectivity index (χ2v) is 7.37. The third-order valence-corrected chi connectivity index (χ3v) is 5.37. The summed E-state index contributed by atoms with van der Waals surface area (Å²) < 4.78 is 27.5. The maximum absolute atomic E-state index is 13.8. The van der Waals surface area contributed by atoms with E-state index in [0.29, 0.717) is 0 Å². The predicted molar refractivity (Wildman–Crippen MR) is 114 cm³/mol. The van der Waals surface area contributed by atoms with Crippen molar-refractivity contribution in [2.24, 2.45) is 0 Å². The average molecular weight is 402 g/mol. The second kappa shape index (κ2) is 9.22. The smallest absolute Gasteiger partial charge is 0.246 e. The summed E-state index contributed by atoms with van der Waals surface area (Å²) in [6.07, 6.45) is 0. The SMILES string of the molecule is CCN1CCN(c2ccc(N[C@@H](C)C(=O)Nc3c(F)cccc3F)c(C)c2)CC1. The van der Waals surface area contributed by atoms with Gasteiger partial charge < -0.3 is 20.4 Å². The molecule has 156 valence electrons. The first-order chi connectivity index (χ1) is 13.9. The van der Waals surface area contributed by atoms with Crippen molar-refractivity contribution in [3.05, 3.63) is 53.6 Å². The summed E-state index contributed by atoms with van der Waals surface area (Å²) >= 11 is 0. The Balaban J connectivity index is 1.63. The van der Waals surface area contributed by atoms with Crippen LogP contribution in [0.2, 0.25) is 0 Å². The Hall–Kier alpha value is -2.67. The van der Waals surface area contributed by atoms with Gasteiger partial charge in [0.15, 0.2) is 0 Å². The van der Waals surface area contributed by atoms with Gasteiger partial charge in [0.25, 0.3) is 0 Å². The Kier molecular flexibility index (Phi) is 6.69. The maximum atomic E-state index is 13.8. The van der Waals surface area contributed by atoms with E-state index in [-0.39, 0.29) is 0 Å². The van der Waals surface area contributed by atoms with Crippen LogP contribution < -0.4 is 15.5 Å². The number of hydrogen-bond acceptors (Lipinski definition) is 4. The van der Waals surface area contributed by atoms with Crippen molar-refractivity contribution in [3.8, 4) is 0 Å². The molecule has 1 saturated heterocycles. The quantitative estimate of drug-likeness (QED) is 0.771. The molecule has 2 aromatic carbocycles. The van der Waals surface area contributed by atoms with E-state index in [0.717, 1.165) is 61.8 Å². The van der Waals surface area contributed by atoms with E-state index in [1.54, 1.807) is 6.92 Å². The molecule has 0 unspecified atom stereocenters. The fraction of sp³-hybridized carbons (Fsp3) is 0.409. The van der Waals surface area contributed by atoms with E-state index in [2.05, 4.69) is 33.4 Å². The lowest BCUT2D eigenvalue weighted by atomic mass is 10.1. The Morgan fingerprint density at radius 1 is 1.10 bits per heavy atom. The van der Waals surface area contributed by atoms with E-state index < -0.39 is 29.3 Å². The van der Waals surface area contributed by atoms with Crippen molar-refractivity contribution in [3.63, 3.8) is 0 Å². The van der Waals surface area contributed by atoms with E-state index in [1.165, 1.54) is 6.07 Å². The summed E-state index contributed by atoms with van der Waals surface area (Å²) in [5.74, 6) is -2.10. The number of halogens is 2. The fourth-order valence-corrected chi connectivity index (χ4v) is 3.48. The minimum Gasteiger partial charge on any atom is -0.374 e. The molecule has 1 heterocycles. The van der Waals surface area contributed by atoms with E-state index in [4.69, 9.17) is 0 Å². The number of amides is 1. The summed E-state index contributed by atoms with van der Waals surface area (Å²) in [6.45, 7) is 11.0. The first kappa shape index (κ1) is 21.0. The van der Waals surface area contributed by atoms with Gasteiger partial charge in [-0.2, -0.15) is 0 Å². The Morgan fingerprint density at radius 2 is 1.76 bits per heavy atom. The molecular weight excluding hydrogens is 374 g/mol. The molecule has 2 aromatic rings.